The Kier molecular flexibility index (Phi) is 6.52. The third kappa shape index (κ3) is 4.62. The molecule has 28 heavy (non-hydrogen) atoms. The first kappa shape index (κ1) is 20.1. The highest BCUT2D eigenvalue weighted by molar-refractivity contribution is 5.95. The number of ether oxygens (including phenoxy) is 2. The molecule has 1 aromatic carbocycles. The highest BCUT2D eigenvalue weighted by atomic mass is 16.5. The summed E-state index contributed by atoms with van der Waals surface area (Å²) in [4.78, 5) is 21.1. The van der Waals surface area contributed by atoms with E-state index in [1.54, 1.807) is 37.5 Å². The molecular formula is C22H29N3O3. The summed E-state index contributed by atoms with van der Waals surface area (Å²) in [6, 6.07) is 9.18. The third-order valence-corrected chi connectivity index (χ3v) is 5.44. The van der Waals surface area contributed by atoms with Gasteiger partial charge in [-0.2, -0.15) is 0 Å². The average Bonchev–Trinajstić information content (AvgIpc) is 2.74. The number of carbonyl (C=O) groups is 1. The molecule has 0 bridgehead atoms. The van der Waals surface area contributed by atoms with Crippen LogP contribution in [0.1, 0.15) is 41.7 Å². The first-order chi connectivity index (χ1) is 13.5. The van der Waals surface area contributed by atoms with Crippen LogP contribution in [0.5, 0.6) is 11.5 Å². The van der Waals surface area contributed by atoms with E-state index >= 15 is 0 Å². The summed E-state index contributed by atoms with van der Waals surface area (Å²) >= 11 is 0. The van der Waals surface area contributed by atoms with E-state index in [0.29, 0.717) is 17.1 Å². The van der Waals surface area contributed by atoms with Crippen molar-refractivity contribution in [1.29, 1.82) is 0 Å². The summed E-state index contributed by atoms with van der Waals surface area (Å²) in [6.07, 6.45) is 5.68. The molecule has 1 fully saturated rings. The number of amides is 1. The van der Waals surface area contributed by atoms with E-state index in [-0.39, 0.29) is 18.1 Å². The van der Waals surface area contributed by atoms with Gasteiger partial charge in [0.1, 0.15) is 6.10 Å². The van der Waals surface area contributed by atoms with Gasteiger partial charge in [0.2, 0.25) is 0 Å². The number of carbonyl (C=O) groups excluding carboxylic acids is 1. The van der Waals surface area contributed by atoms with Crippen molar-refractivity contribution in [1.82, 2.24) is 14.8 Å². The lowest BCUT2D eigenvalue weighted by molar-refractivity contribution is 0.0741. The smallest absolute Gasteiger partial charge is 0.254 e. The summed E-state index contributed by atoms with van der Waals surface area (Å²) in [5.41, 5.74) is 1.57. The zero-order valence-corrected chi connectivity index (χ0v) is 17.1. The monoisotopic (exact) mass is 383 g/mol. The van der Waals surface area contributed by atoms with Gasteiger partial charge in [0, 0.05) is 38.1 Å². The van der Waals surface area contributed by atoms with Crippen LogP contribution in [0.2, 0.25) is 0 Å². The second kappa shape index (κ2) is 9.06. The van der Waals surface area contributed by atoms with Gasteiger partial charge in [0.25, 0.3) is 5.91 Å². The van der Waals surface area contributed by atoms with E-state index in [1.165, 1.54) is 0 Å². The number of methoxy groups -OCH3 is 1. The Bertz CT molecular complexity index is 789. The fraction of sp³-hybridized carbons (Fsp3) is 0.455. The fourth-order valence-corrected chi connectivity index (χ4v) is 3.41. The number of piperidine rings is 1. The third-order valence-electron chi connectivity index (χ3n) is 5.44. The Labute approximate surface area is 167 Å². The van der Waals surface area contributed by atoms with Crippen molar-refractivity contribution < 1.29 is 14.3 Å². The Hall–Kier alpha value is -2.60. The minimum Gasteiger partial charge on any atom is -0.493 e. The van der Waals surface area contributed by atoms with Crippen LogP contribution in [0.15, 0.2) is 42.7 Å². The van der Waals surface area contributed by atoms with E-state index in [2.05, 4.69) is 16.9 Å². The molecule has 1 aliphatic rings. The van der Waals surface area contributed by atoms with Gasteiger partial charge in [0.05, 0.1) is 13.2 Å². The molecule has 1 amide bonds. The first-order valence-corrected chi connectivity index (χ1v) is 9.70. The lowest BCUT2D eigenvalue weighted by atomic mass is 10.1. The molecule has 3 rings (SSSR count). The molecule has 6 heteroatoms. The van der Waals surface area contributed by atoms with Crippen LogP contribution in [0.3, 0.4) is 0 Å². The Morgan fingerprint density at radius 1 is 1.25 bits per heavy atom. The van der Waals surface area contributed by atoms with Gasteiger partial charge >= 0.3 is 0 Å². The number of aromatic nitrogens is 1. The maximum absolute atomic E-state index is 13.0. The fourth-order valence-electron chi connectivity index (χ4n) is 3.41. The molecule has 0 saturated carbocycles. The molecule has 1 aliphatic heterocycles. The molecule has 150 valence electrons. The SMILES string of the molecule is COc1cc(C(=O)N(C)C(C)c2cccnc2)ccc1OC1CCN(C)CC1. The second-order valence-electron chi connectivity index (χ2n) is 7.36. The summed E-state index contributed by atoms with van der Waals surface area (Å²) < 4.78 is 11.7. The molecule has 6 nitrogen and oxygen atoms in total. The van der Waals surface area contributed by atoms with Gasteiger partial charge < -0.3 is 19.3 Å². The Balaban J connectivity index is 1.72. The number of rotatable bonds is 6. The minimum atomic E-state index is -0.0812. The van der Waals surface area contributed by atoms with E-state index in [9.17, 15) is 4.79 Å². The van der Waals surface area contributed by atoms with Crippen molar-refractivity contribution >= 4 is 5.91 Å². The quantitative estimate of drug-likeness (QED) is 0.765. The number of benzene rings is 1. The molecule has 1 unspecified atom stereocenters. The minimum absolute atomic E-state index is 0.0690. The zero-order valence-electron chi connectivity index (χ0n) is 17.1. The van der Waals surface area contributed by atoms with Gasteiger partial charge in [-0.15, -0.1) is 0 Å². The van der Waals surface area contributed by atoms with Gasteiger partial charge in [-0.3, -0.25) is 9.78 Å². The highest BCUT2D eigenvalue weighted by Crippen LogP contribution is 2.31. The largest absolute Gasteiger partial charge is 0.493 e. The van der Waals surface area contributed by atoms with Crippen molar-refractivity contribution in [2.24, 2.45) is 0 Å². The predicted molar refractivity (Wildman–Crippen MR) is 109 cm³/mol. The maximum Gasteiger partial charge on any atom is 0.254 e. The van der Waals surface area contributed by atoms with Crippen LogP contribution >= 0.6 is 0 Å². The number of pyridine rings is 1. The predicted octanol–water partition coefficient (Wildman–Crippen LogP) is 3.40. The van der Waals surface area contributed by atoms with Crippen molar-refractivity contribution in [3.05, 3.63) is 53.9 Å². The molecular weight excluding hydrogens is 354 g/mol. The lowest BCUT2D eigenvalue weighted by Gasteiger charge is -2.30. The van der Waals surface area contributed by atoms with Crippen molar-refractivity contribution in [3.8, 4) is 11.5 Å². The van der Waals surface area contributed by atoms with Crippen LogP contribution < -0.4 is 9.47 Å². The molecule has 1 atom stereocenters. The molecule has 1 saturated heterocycles. The molecule has 0 spiro atoms. The highest BCUT2D eigenvalue weighted by Gasteiger charge is 2.22. The van der Waals surface area contributed by atoms with Gasteiger partial charge in [-0.05, 0) is 56.6 Å². The van der Waals surface area contributed by atoms with E-state index in [1.807, 2.05) is 31.2 Å². The maximum atomic E-state index is 13.0. The summed E-state index contributed by atoms with van der Waals surface area (Å²) in [7, 11) is 5.53. The second-order valence-corrected chi connectivity index (χ2v) is 7.36. The first-order valence-electron chi connectivity index (χ1n) is 9.70. The van der Waals surface area contributed by atoms with E-state index in [0.717, 1.165) is 31.5 Å². The number of likely N-dealkylation sites (tertiary alicyclic amines) is 1. The molecule has 0 N–H and O–H groups in total. The van der Waals surface area contributed by atoms with Crippen LogP contribution in [0, 0.1) is 0 Å². The average molecular weight is 383 g/mol. The summed E-state index contributed by atoms with van der Waals surface area (Å²) in [5, 5.41) is 0. The summed E-state index contributed by atoms with van der Waals surface area (Å²) in [6.45, 7) is 4.05. The molecule has 1 aromatic heterocycles. The van der Waals surface area contributed by atoms with Gasteiger partial charge in [-0.1, -0.05) is 6.07 Å². The van der Waals surface area contributed by atoms with E-state index < -0.39 is 0 Å². The molecule has 0 aliphatic carbocycles. The zero-order chi connectivity index (χ0) is 20.1. The van der Waals surface area contributed by atoms with Crippen LogP contribution in [-0.2, 0) is 0 Å². The molecule has 2 heterocycles. The van der Waals surface area contributed by atoms with Crippen molar-refractivity contribution in [2.75, 3.05) is 34.3 Å². The molecule has 2 aromatic rings. The van der Waals surface area contributed by atoms with Crippen LogP contribution in [0.25, 0.3) is 0 Å². The number of nitrogens with zero attached hydrogens (tertiary/aromatic N) is 3. The topological polar surface area (TPSA) is 54.9 Å². The number of hydrogen-bond donors (Lipinski definition) is 0. The lowest BCUT2D eigenvalue weighted by Crippen LogP contribution is -2.35. The van der Waals surface area contributed by atoms with Crippen molar-refractivity contribution in [3.63, 3.8) is 0 Å². The summed E-state index contributed by atoms with van der Waals surface area (Å²) in [5.74, 6) is 1.21. The normalized spacial score (nSPS) is 16.4. The van der Waals surface area contributed by atoms with E-state index in [4.69, 9.17) is 9.47 Å². The van der Waals surface area contributed by atoms with Crippen LogP contribution in [0.4, 0.5) is 0 Å². The Morgan fingerprint density at radius 2 is 2.00 bits per heavy atom. The standard InChI is InChI=1S/C22H29N3O3/c1-16(18-6-5-11-23-15-18)25(3)22(26)17-7-8-20(21(14-17)27-4)28-19-9-12-24(2)13-10-19/h5-8,11,14-16,19H,9-10,12-13H2,1-4H3. The Morgan fingerprint density at radius 3 is 2.64 bits per heavy atom. The van der Waals surface area contributed by atoms with Gasteiger partial charge in [0.15, 0.2) is 11.5 Å². The van der Waals surface area contributed by atoms with Crippen LogP contribution in [-0.4, -0.2) is 61.1 Å². The van der Waals surface area contributed by atoms with Gasteiger partial charge in [-0.25, -0.2) is 0 Å². The molecule has 0 radical (unpaired) electrons. The number of hydrogen-bond acceptors (Lipinski definition) is 5. The van der Waals surface area contributed by atoms with Crippen molar-refractivity contribution in [2.45, 2.75) is 31.9 Å².